The van der Waals surface area contributed by atoms with E-state index in [1.54, 1.807) is 24.3 Å². The fourth-order valence-corrected chi connectivity index (χ4v) is 4.53. The number of rotatable bonds is 6. The first-order chi connectivity index (χ1) is 13.8. The van der Waals surface area contributed by atoms with E-state index < -0.39 is 10.0 Å². The molecule has 3 aromatic rings. The summed E-state index contributed by atoms with van der Waals surface area (Å²) in [5, 5.41) is 2.83. The van der Waals surface area contributed by atoms with Crippen molar-refractivity contribution in [2.45, 2.75) is 18.7 Å². The lowest BCUT2D eigenvalue weighted by Crippen LogP contribution is -2.35. The Hall–Kier alpha value is -2.96. The van der Waals surface area contributed by atoms with Crippen LogP contribution in [0.5, 0.6) is 0 Å². The molecule has 0 unspecified atom stereocenters. The first-order valence-corrected chi connectivity index (χ1v) is 10.7. The molecule has 3 rings (SSSR count). The molecule has 0 saturated carbocycles. The van der Waals surface area contributed by atoms with Crippen LogP contribution < -0.4 is 5.32 Å². The van der Waals surface area contributed by atoms with Gasteiger partial charge in [0.05, 0.1) is 11.4 Å². The summed E-state index contributed by atoms with van der Waals surface area (Å²) in [6.07, 6.45) is 0. The lowest BCUT2D eigenvalue weighted by atomic mass is 10.1. The van der Waals surface area contributed by atoms with Crippen LogP contribution in [0.2, 0.25) is 0 Å². The summed E-state index contributed by atoms with van der Waals surface area (Å²) in [5.41, 5.74) is 3.99. The van der Waals surface area contributed by atoms with E-state index in [9.17, 15) is 13.2 Å². The van der Waals surface area contributed by atoms with Crippen LogP contribution in [-0.4, -0.2) is 32.2 Å². The largest absolute Gasteiger partial charge is 0.324 e. The van der Waals surface area contributed by atoms with Gasteiger partial charge in [-0.1, -0.05) is 66.7 Å². The number of likely N-dealkylation sites (N-methyl/N-ethyl adjacent to an activating group) is 1. The van der Waals surface area contributed by atoms with Crippen molar-refractivity contribution in [3.8, 4) is 11.1 Å². The van der Waals surface area contributed by atoms with Crippen molar-refractivity contribution in [2.24, 2.45) is 0 Å². The smallest absolute Gasteiger partial charge is 0.243 e. The highest BCUT2D eigenvalue weighted by Crippen LogP contribution is 2.29. The van der Waals surface area contributed by atoms with Crippen molar-refractivity contribution in [2.75, 3.05) is 18.9 Å². The summed E-state index contributed by atoms with van der Waals surface area (Å²) in [4.78, 5) is 12.7. The van der Waals surface area contributed by atoms with Crippen LogP contribution in [0.4, 0.5) is 5.69 Å². The number of carbonyl (C=O) groups excluding carboxylic acids is 1. The van der Waals surface area contributed by atoms with Crippen molar-refractivity contribution in [1.29, 1.82) is 0 Å². The summed E-state index contributed by atoms with van der Waals surface area (Å²) in [6.45, 7) is 3.53. The molecule has 0 aliphatic heterocycles. The van der Waals surface area contributed by atoms with Crippen LogP contribution in [0.1, 0.15) is 11.1 Å². The molecule has 0 aromatic heterocycles. The summed E-state index contributed by atoms with van der Waals surface area (Å²) >= 11 is 0. The number of hydrogen-bond acceptors (Lipinski definition) is 3. The minimum atomic E-state index is -3.85. The first-order valence-electron chi connectivity index (χ1n) is 9.27. The average Bonchev–Trinajstić information content (AvgIpc) is 2.71. The number of nitrogens with zero attached hydrogens (tertiary/aromatic N) is 1. The topological polar surface area (TPSA) is 66.5 Å². The van der Waals surface area contributed by atoms with Crippen LogP contribution >= 0.6 is 0 Å². The zero-order chi connectivity index (χ0) is 21.0. The Morgan fingerprint density at radius 3 is 2.10 bits per heavy atom. The third-order valence-electron chi connectivity index (χ3n) is 4.77. The van der Waals surface area contributed by atoms with Gasteiger partial charge in [0.2, 0.25) is 15.9 Å². The molecule has 0 aliphatic rings. The summed E-state index contributed by atoms with van der Waals surface area (Å²) < 4.78 is 27.5. The lowest BCUT2D eigenvalue weighted by Gasteiger charge is -2.20. The van der Waals surface area contributed by atoms with Gasteiger partial charge >= 0.3 is 0 Å². The summed E-state index contributed by atoms with van der Waals surface area (Å²) in [6, 6.07) is 21.9. The maximum Gasteiger partial charge on any atom is 0.243 e. The standard InChI is InChI=1S/C23H24N2O3S/c1-17-10-9-11-18(2)23(17)24-22(26)16-25(3)29(27,28)21-15-8-7-14-20(21)19-12-5-4-6-13-19/h4-15H,16H2,1-3H3,(H,24,26). The highest BCUT2D eigenvalue weighted by Gasteiger charge is 2.26. The molecule has 0 saturated heterocycles. The van der Waals surface area contributed by atoms with E-state index in [0.29, 0.717) is 11.3 Å². The van der Waals surface area contributed by atoms with Gasteiger partial charge in [-0.2, -0.15) is 4.31 Å². The number of amides is 1. The number of aryl methyl sites for hydroxylation is 2. The number of para-hydroxylation sites is 1. The van der Waals surface area contributed by atoms with E-state index in [0.717, 1.165) is 21.0 Å². The van der Waals surface area contributed by atoms with Crippen LogP contribution in [-0.2, 0) is 14.8 Å². The summed E-state index contributed by atoms with van der Waals surface area (Å²) in [5.74, 6) is -0.384. The number of anilines is 1. The molecular weight excluding hydrogens is 384 g/mol. The molecule has 29 heavy (non-hydrogen) atoms. The Bertz CT molecular complexity index is 1110. The second-order valence-electron chi connectivity index (χ2n) is 6.94. The molecule has 6 heteroatoms. The number of hydrogen-bond donors (Lipinski definition) is 1. The third-order valence-corrected chi connectivity index (χ3v) is 6.63. The highest BCUT2D eigenvalue weighted by atomic mass is 32.2. The van der Waals surface area contributed by atoms with Crippen molar-refractivity contribution in [3.63, 3.8) is 0 Å². The predicted molar refractivity (Wildman–Crippen MR) is 116 cm³/mol. The fraction of sp³-hybridized carbons (Fsp3) is 0.174. The molecule has 0 bridgehead atoms. The number of carbonyl (C=O) groups is 1. The van der Waals surface area contributed by atoms with Gasteiger partial charge in [-0.3, -0.25) is 4.79 Å². The summed E-state index contributed by atoms with van der Waals surface area (Å²) in [7, 11) is -2.43. The van der Waals surface area contributed by atoms with E-state index in [4.69, 9.17) is 0 Å². The quantitative estimate of drug-likeness (QED) is 0.664. The van der Waals surface area contributed by atoms with Crippen LogP contribution in [0, 0.1) is 13.8 Å². The van der Waals surface area contributed by atoms with Gasteiger partial charge < -0.3 is 5.32 Å². The highest BCUT2D eigenvalue weighted by molar-refractivity contribution is 7.89. The Labute approximate surface area is 172 Å². The molecular formula is C23H24N2O3S. The zero-order valence-corrected chi connectivity index (χ0v) is 17.5. The molecule has 0 heterocycles. The number of nitrogens with one attached hydrogen (secondary N) is 1. The molecule has 0 aliphatic carbocycles. The monoisotopic (exact) mass is 408 g/mol. The molecule has 5 nitrogen and oxygen atoms in total. The minimum Gasteiger partial charge on any atom is -0.324 e. The normalized spacial score (nSPS) is 11.4. The van der Waals surface area contributed by atoms with E-state index >= 15 is 0 Å². The van der Waals surface area contributed by atoms with E-state index in [-0.39, 0.29) is 17.3 Å². The molecule has 3 aromatic carbocycles. The Kier molecular flexibility index (Phi) is 6.15. The Balaban J connectivity index is 1.84. The first kappa shape index (κ1) is 20.8. The van der Waals surface area contributed by atoms with Gasteiger partial charge in [0.15, 0.2) is 0 Å². The second-order valence-corrected chi connectivity index (χ2v) is 8.95. The fourth-order valence-electron chi connectivity index (χ4n) is 3.19. The minimum absolute atomic E-state index is 0.175. The zero-order valence-electron chi connectivity index (χ0n) is 16.7. The van der Waals surface area contributed by atoms with Gasteiger partial charge in [-0.05, 0) is 36.6 Å². The molecule has 0 radical (unpaired) electrons. The van der Waals surface area contributed by atoms with Gasteiger partial charge in [0.25, 0.3) is 0 Å². The Morgan fingerprint density at radius 1 is 0.862 bits per heavy atom. The van der Waals surface area contributed by atoms with Crippen molar-refractivity contribution < 1.29 is 13.2 Å². The van der Waals surface area contributed by atoms with Gasteiger partial charge in [0.1, 0.15) is 0 Å². The van der Waals surface area contributed by atoms with Crippen molar-refractivity contribution in [3.05, 3.63) is 83.9 Å². The number of benzene rings is 3. The molecule has 0 atom stereocenters. The molecule has 1 N–H and O–H groups in total. The lowest BCUT2D eigenvalue weighted by molar-refractivity contribution is -0.116. The maximum atomic E-state index is 13.2. The number of sulfonamides is 1. The van der Waals surface area contributed by atoms with Crippen LogP contribution in [0.15, 0.2) is 77.7 Å². The van der Waals surface area contributed by atoms with Gasteiger partial charge in [-0.25, -0.2) is 8.42 Å². The van der Waals surface area contributed by atoms with Gasteiger partial charge in [0, 0.05) is 18.3 Å². The molecule has 0 fully saturated rings. The van der Waals surface area contributed by atoms with Crippen LogP contribution in [0.25, 0.3) is 11.1 Å². The van der Waals surface area contributed by atoms with Crippen LogP contribution in [0.3, 0.4) is 0 Å². The average molecular weight is 409 g/mol. The molecule has 0 spiro atoms. The molecule has 150 valence electrons. The van der Waals surface area contributed by atoms with Crippen molar-refractivity contribution >= 4 is 21.6 Å². The maximum absolute atomic E-state index is 13.2. The Morgan fingerprint density at radius 2 is 1.45 bits per heavy atom. The van der Waals surface area contributed by atoms with Crippen molar-refractivity contribution in [1.82, 2.24) is 4.31 Å². The molecule has 1 amide bonds. The third kappa shape index (κ3) is 4.55. The SMILES string of the molecule is Cc1cccc(C)c1NC(=O)CN(C)S(=O)(=O)c1ccccc1-c1ccccc1. The van der Waals surface area contributed by atoms with E-state index in [1.165, 1.54) is 7.05 Å². The van der Waals surface area contributed by atoms with E-state index in [1.807, 2.05) is 62.4 Å². The van der Waals surface area contributed by atoms with E-state index in [2.05, 4.69) is 5.32 Å². The predicted octanol–water partition coefficient (Wildman–Crippen LogP) is 4.23. The second kappa shape index (κ2) is 8.59. The van der Waals surface area contributed by atoms with Gasteiger partial charge in [-0.15, -0.1) is 0 Å².